The highest BCUT2D eigenvalue weighted by Gasteiger charge is 2.33. The molecule has 1 fully saturated rings. The Morgan fingerprint density at radius 3 is 2.58 bits per heavy atom. The predicted molar refractivity (Wildman–Crippen MR) is 107 cm³/mol. The molecule has 0 bridgehead atoms. The fourth-order valence-corrected chi connectivity index (χ4v) is 3.45. The molecule has 2 atom stereocenters. The van der Waals surface area contributed by atoms with Crippen molar-refractivity contribution < 1.29 is 9.53 Å². The summed E-state index contributed by atoms with van der Waals surface area (Å²) in [5, 5.41) is 0. The first-order valence-corrected chi connectivity index (χ1v) is 8.83. The Morgan fingerprint density at radius 1 is 1.15 bits per heavy atom. The maximum Gasteiger partial charge on any atom is 0.226 e. The topological polar surface area (TPSA) is 55.6 Å². The number of nitrogens with zero attached hydrogens (tertiary/aromatic N) is 1. The molecule has 0 aliphatic carbocycles. The van der Waals surface area contributed by atoms with E-state index in [-0.39, 0.29) is 30.3 Å². The van der Waals surface area contributed by atoms with E-state index in [9.17, 15) is 4.79 Å². The molecular formula is C21H27ClN2O2. The van der Waals surface area contributed by atoms with Crippen LogP contribution in [-0.4, -0.2) is 36.5 Å². The SMILES string of the molecule is Cc1ccc(OCCC(=O)N2C[C@@H](N)[C@H](c3ccccc3)C2)c(C)c1.Cl. The Bertz CT molecular complexity index is 736. The van der Waals surface area contributed by atoms with Crippen LogP contribution in [0.4, 0.5) is 0 Å². The molecule has 2 aromatic rings. The lowest BCUT2D eigenvalue weighted by atomic mass is 9.95. The molecule has 0 unspecified atom stereocenters. The fraction of sp³-hybridized carbons (Fsp3) is 0.381. The van der Waals surface area contributed by atoms with Gasteiger partial charge in [-0.25, -0.2) is 0 Å². The third kappa shape index (κ3) is 4.77. The highest BCUT2D eigenvalue weighted by atomic mass is 35.5. The molecule has 1 heterocycles. The van der Waals surface area contributed by atoms with E-state index >= 15 is 0 Å². The molecule has 26 heavy (non-hydrogen) atoms. The van der Waals surface area contributed by atoms with Crippen molar-refractivity contribution in [2.75, 3.05) is 19.7 Å². The summed E-state index contributed by atoms with van der Waals surface area (Å²) in [6.07, 6.45) is 0.377. The van der Waals surface area contributed by atoms with Crippen LogP contribution >= 0.6 is 12.4 Å². The molecule has 0 spiro atoms. The summed E-state index contributed by atoms with van der Waals surface area (Å²) >= 11 is 0. The lowest BCUT2D eigenvalue weighted by Gasteiger charge is -2.17. The van der Waals surface area contributed by atoms with Crippen LogP contribution in [-0.2, 0) is 4.79 Å². The first-order chi connectivity index (χ1) is 12.0. The van der Waals surface area contributed by atoms with E-state index < -0.39 is 0 Å². The molecule has 2 N–H and O–H groups in total. The summed E-state index contributed by atoms with van der Waals surface area (Å²) in [6.45, 7) is 5.77. The van der Waals surface area contributed by atoms with Gasteiger partial charge in [0.15, 0.2) is 0 Å². The average molecular weight is 375 g/mol. The first-order valence-electron chi connectivity index (χ1n) is 8.83. The van der Waals surface area contributed by atoms with E-state index in [0.29, 0.717) is 26.1 Å². The zero-order valence-electron chi connectivity index (χ0n) is 15.4. The van der Waals surface area contributed by atoms with Crippen molar-refractivity contribution in [3.05, 3.63) is 65.2 Å². The molecule has 0 aromatic heterocycles. The lowest BCUT2D eigenvalue weighted by Crippen LogP contribution is -2.32. The van der Waals surface area contributed by atoms with Crippen LogP contribution in [0.15, 0.2) is 48.5 Å². The summed E-state index contributed by atoms with van der Waals surface area (Å²) in [5.41, 5.74) is 9.78. The Hall–Kier alpha value is -2.04. The van der Waals surface area contributed by atoms with Gasteiger partial charge in [0, 0.05) is 25.0 Å². The number of benzene rings is 2. The molecule has 3 rings (SSSR count). The average Bonchev–Trinajstić information content (AvgIpc) is 2.99. The maximum absolute atomic E-state index is 12.5. The summed E-state index contributed by atoms with van der Waals surface area (Å²) in [7, 11) is 0. The van der Waals surface area contributed by atoms with Crippen LogP contribution in [0, 0.1) is 13.8 Å². The minimum absolute atomic E-state index is 0. The normalized spacial score (nSPS) is 19.1. The number of amides is 1. The zero-order valence-corrected chi connectivity index (χ0v) is 16.2. The Balaban J connectivity index is 0.00000243. The van der Waals surface area contributed by atoms with Crippen molar-refractivity contribution in [3.8, 4) is 5.75 Å². The maximum atomic E-state index is 12.5. The number of hydrogen-bond acceptors (Lipinski definition) is 3. The van der Waals surface area contributed by atoms with Crippen molar-refractivity contribution in [1.29, 1.82) is 0 Å². The van der Waals surface area contributed by atoms with E-state index in [1.807, 2.05) is 42.2 Å². The van der Waals surface area contributed by atoms with Crippen LogP contribution in [0.1, 0.15) is 29.0 Å². The standard InChI is InChI=1S/C21H26N2O2.ClH/c1-15-8-9-20(16(2)12-15)25-11-10-21(24)23-13-18(19(22)14-23)17-6-4-3-5-7-17;/h3-9,12,18-19H,10-11,13-14,22H2,1-2H3;1H/t18-,19+;/m0./s1. The number of hydrogen-bond donors (Lipinski definition) is 1. The van der Waals surface area contributed by atoms with Gasteiger partial charge >= 0.3 is 0 Å². The number of carbonyl (C=O) groups excluding carboxylic acids is 1. The molecule has 0 saturated carbocycles. The van der Waals surface area contributed by atoms with Crippen LogP contribution in [0.3, 0.4) is 0 Å². The Kier molecular flexibility index (Phi) is 7.06. The van der Waals surface area contributed by atoms with Gasteiger partial charge in [0.2, 0.25) is 5.91 Å². The number of halogens is 1. The van der Waals surface area contributed by atoms with Gasteiger partial charge in [-0.3, -0.25) is 4.79 Å². The molecular weight excluding hydrogens is 348 g/mol. The smallest absolute Gasteiger partial charge is 0.226 e. The quantitative estimate of drug-likeness (QED) is 0.872. The van der Waals surface area contributed by atoms with E-state index in [1.54, 1.807) is 0 Å². The van der Waals surface area contributed by atoms with Crippen LogP contribution < -0.4 is 10.5 Å². The summed E-state index contributed by atoms with van der Waals surface area (Å²) in [5.74, 6) is 1.17. The molecule has 1 amide bonds. The van der Waals surface area contributed by atoms with Gasteiger partial charge in [-0.2, -0.15) is 0 Å². The first kappa shape index (κ1) is 20.3. The second-order valence-corrected chi connectivity index (χ2v) is 6.85. The van der Waals surface area contributed by atoms with Gasteiger partial charge in [0.25, 0.3) is 0 Å². The van der Waals surface area contributed by atoms with E-state index in [4.69, 9.17) is 10.5 Å². The van der Waals surface area contributed by atoms with Crippen molar-refractivity contribution in [2.45, 2.75) is 32.2 Å². The van der Waals surface area contributed by atoms with Crippen molar-refractivity contribution >= 4 is 18.3 Å². The number of aryl methyl sites for hydroxylation is 2. The number of carbonyl (C=O) groups is 1. The van der Waals surface area contributed by atoms with E-state index in [1.165, 1.54) is 11.1 Å². The highest BCUT2D eigenvalue weighted by molar-refractivity contribution is 5.85. The van der Waals surface area contributed by atoms with Crippen LogP contribution in [0.2, 0.25) is 0 Å². The molecule has 1 saturated heterocycles. The third-order valence-corrected chi connectivity index (χ3v) is 4.85. The molecule has 1 aliphatic rings. The van der Waals surface area contributed by atoms with Gasteiger partial charge in [0.05, 0.1) is 13.0 Å². The van der Waals surface area contributed by atoms with E-state index in [0.717, 1.165) is 11.3 Å². The van der Waals surface area contributed by atoms with Crippen molar-refractivity contribution in [1.82, 2.24) is 4.90 Å². The number of nitrogens with two attached hydrogens (primary N) is 1. The Morgan fingerprint density at radius 2 is 1.88 bits per heavy atom. The minimum atomic E-state index is -0.00777. The number of rotatable bonds is 5. The summed E-state index contributed by atoms with van der Waals surface area (Å²) in [4.78, 5) is 14.4. The molecule has 140 valence electrons. The predicted octanol–water partition coefficient (Wildman–Crippen LogP) is 3.45. The van der Waals surface area contributed by atoms with Crippen molar-refractivity contribution in [2.24, 2.45) is 5.73 Å². The highest BCUT2D eigenvalue weighted by Crippen LogP contribution is 2.26. The summed E-state index contributed by atoms with van der Waals surface area (Å²) in [6, 6.07) is 16.3. The lowest BCUT2D eigenvalue weighted by molar-refractivity contribution is -0.130. The third-order valence-electron chi connectivity index (χ3n) is 4.85. The van der Waals surface area contributed by atoms with Crippen molar-refractivity contribution in [3.63, 3.8) is 0 Å². The molecule has 2 aromatic carbocycles. The van der Waals surface area contributed by atoms with E-state index in [2.05, 4.69) is 25.1 Å². The molecule has 1 aliphatic heterocycles. The second-order valence-electron chi connectivity index (χ2n) is 6.85. The van der Waals surface area contributed by atoms with Gasteiger partial charge in [-0.05, 0) is 31.0 Å². The molecule has 4 nitrogen and oxygen atoms in total. The minimum Gasteiger partial charge on any atom is -0.493 e. The van der Waals surface area contributed by atoms with Gasteiger partial charge in [-0.1, -0.05) is 48.0 Å². The second kappa shape index (κ2) is 9.06. The summed E-state index contributed by atoms with van der Waals surface area (Å²) < 4.78 is 5.78. The Labute approximate surface area is 161 Å². The number of likely N-dealkylation sites (tertiary alicyclic amines) is 1. The fourth-order valence-electron chi connectivity index (χ4n) is 3.45. The van der Waals surface area contributed by atoms with Gasteiger partial charge in [0.1, 0.15) is 5.75 Å². The zero-order chi connectivity index (χ0) is 17.8. The molecule has 5 heteroatoms. The molecule has 0 radical (unpaired) electrons. The van der Waals surface area contributed by atoms with Gasteiger partial charge < -0.3 is 15.4 Å². The largest absolute Gasteiger partial charge is 0.493 e. The van der Waals surface area contributed by atoms with Gasteiger partial charge in [-0.15, -0.1) is 12.4 Å². The van der Waals surface area contributed by atoms with Crippen LogP contribution in [0.5, 0.6) is 5.75 Å². The monoisotopic (exact) mass is 374 g/mol. The van der Waals surface area contributed by atoms with Crippen LogP contribution in [0.25, 0.3) is 0 Å². The number of ether oxygens (including phenoxy) is 1.